The van der Waals surface area contributed by atoms with Crippen LogP contribution in [0.3, 0.4) is 0 Å². The number of carbonyl (C=O) groups excluding carboxylic acids is 1. The minimum atomic E-state index is -0.231. The molecule has 0 aliphatic carbocycles. The molecule has 2 aromatic carbocycles. The van der Waals surface area contributed by atoms with E-state index in [1.807, 2.05) is 44.4 Å². The van der Waals surface area contributed by atoms with Gasteiger partial charge in [0.1, 0.15) is 17.1 Å². The van der Waals surface area contributed by atoms with Gasteiger partial charge >= 0.3 is 0 Å². The fourth-order valence-electron chi connectivity index (χ4n) is 2.78. The highest BCUT2D eigenvalue weighted by Gasteiger charge is 2.11. The van der Waals surface area contributed by atoms with Crippen molar-refractivity contribution in [2.75, 3.05) is 20.7 Å². The number of rotatable bonds is 8. The second kappa shape index (κ2) is 9.14. The van der Waals surface area contributed by atoms with E-state index in [9.17, 15) is 4.79 Å². The smallest absolute Gasteiger partial charge is 0.258 e. The van der Waals surface area contributed by atoms with Gasteiger partial charge in [0.05, 0.1) is 6.54 Å². The van der Waals surface area contributed by atoms with Crippen LogP contribution in [0.2, 0.25) is 0 Å². The summed E-state index contributed by atoms with van der Waals surface area (Å²) in [6.45, 7) is 2.67. The van der Waals surface area contributed by atoms with Gasteiger partial charge in [-0.05, 0) is 44.3 Å². The van der Waals surface area contributed by atoms with Crippen LogP contribution < -0.4 is 10.1 Å². The monoisotopic (exact) mass is 380 g/mol. The Kier molecular flexibility index (Phi) is 6.39. The Balaban J connectivity index is 1.66. The van der Waals surface area contributed by atoms with Gasteiger partial charge in [-0.15, -0.1) is 0 Å². The topological polar surface area (TPSA) is 80.5 Å². The minimum absolute atomic E-state index is 0.0740. The van der Waals surface area contributed by atoms with Crippen molar-refractivity contribution in [3.63, 3.8) is 0 Å². The van der Waals surface area contributed by atoms with Crippen LogP contribution in [-0.2, 0) is 17.9 Å². The van der Waals surface area contributed by atoms with E-state index in [0.29, 0.717) is 23.7 Å². The molecule has 1 amide bonds. The molecule has 1 N–H and O–H groups in total. The maximum Gasteiger partial charge on any atom is 0.258 e. The van der Waals surface area contributed by atoms with Gasteiger partial charge in [0.2, 0.25) is 0 Å². The second-order valence-corrected chi connectivity index (χ2v) is 6.79. The van der Waals surface area contributed by atoms with E-state index in [1.54, 1.807) is 6.92 Å². The normalized spacial score (nSPS) is 10.9. The van der Waals surface area contributed by atoms with Gasteiger partial charge in [0, 0.05) is 12.1 Å². The molecule has 0 unspecified atom stereocenters. The number of carbonyl (C=O) groups is 1. The average Bonchev–Trinajstić information content (AvgIpc) is 3.10. The predicted octanol–water partition coefficient (Wildman–Crippen LogP) is 2.80. The molecule has 0 spiro atoms. The molecule has 3 rings (SSSR count). The zero-order chi connectivity index (χ0) is 19.9. The van der Waals surface area contributed by atoms with Crippen LogP contribution >= 0.6 is 0 Å². The molecule has 0 saturated heterocycles. The Morgan fingerprint density at radius 2 is 1.89 bits per heavy atom. The van der Waals surface area contributed by atoms with E-state index < -0.39 is 0 Å². The zero-order valence-electron chi connectivity index (χ0n) is 16.3. The summed E-state index contributed by atoms with van der Waals surface area (Å²) < 4.78 is 10.4. The van der Waals surface area contributed by atoms with Crippen molar-refractivity contribution in [2.45, 2.75) is 20.0 Å². The van der Waals surface area contributed by atoms with E-state index in [4.69, 9.17) is 4.74 Å². The Bertz CT molecular complexity index is 922. The number of hydrogen-bond donors (Lipinski definition) is 1. The van der Waals surface area contributed by atoms with E-state index in [0.717, 1.165) is 16.7 Å². The minimum Gasteiger partial charge on any atom is -0.483 e. The van der Waals surface area contributed by atoms with Crippen molar-refractivity contribution in [2.24, 2.45) is 0 Å². The van der Waals surface area contributed by atoms with Crippen molar-refractivity contribution in [3.05, 3.63) is 65.5 Å². The van der Waals surface area contributed by atoms with Crippen LogP contribution in [0.15, 0.2) is 53.2 Å². The molecule has 0 aliphatic rings. The Hall–Kier alpha value is -3.19. The summed E-state index contributed by atoms with van der Waals surface area (Å²) in [6.07, 6.45) is 0. The van der Waals surface area contributed by atoms with Crippen molar-refractivity contribution in [1.29, 1.82) is 0 Å². The lowest BCUT2D eigenvalue weighted by atomic mass is 10.0. The molecule has 0 fully saturated rings. The molecular formula is C21H24N4O3. The molecule has 0 saturated carbocycles. The van der Waals surface area contributed by atoms with Crippen molar-refractivity contribution in [1.82, 2.24) is 20.5 Å². The summed E-state index contributed by atoms with van der Waals surface area (Å²) in [5, 5.41) is 10.2. The predicted molar refractivity (Wildman–Crippen MR) is 106 cm³/mol. The van der Waals surface area contributed by atoms with Gasteiger partial charge in [-0.1, -0.05) is 46.7 Å². The van der Waals surface area contributed by atoms with Gasteiger partial charge in [0.25, 0.3) is 5.91 Å². The van der Waals surface area contributed by atoms with Crippen LogP contribution in [0, 0.1) is 6.92 Å². The molecule has 1 aromatic heterocycles. The maximum absolute atomic E-state index is 12.1. The molecule has 0 aliphatic heterocycles. The molecule has 146 valence electrons. The molecule has 1 heterocycles. The molecular weight excluding hydrogens is 356 g/mol. The van der Waals surface area contributed by atoms with Crippen LogP contribution in [0.5, 0.6) is 5.75 Å². The Labute approximate surface area is 164 Å². The number of ether oxygens (including phenoxy) is 1. The van der Waals surface area contributed by atoms with E-state index in [1.165, 1.54) is 0 Å². The SMILES string of the molecule is Cc1nonc1CNC(=O)COc1ccc(-c2ccccc2)cc1CN(C)C. The first kappa shape index (κ1) is 19.6. The third-order valence-corrected chi connectivity index (χ3v) is 4.21. The Morgan fingerprint density at radius 3 is 2.57 bits per heavy atom. The number of benzene rings is 2. The highest BCUT2D eigenvalue weighted by Crippen LogP contribution is 2.27. The van der Waals surface area contributed by atoms with Gasteiger partial charge in [-0.25, -0.2) is 4.63 Å². The molecule has 7 nitrogen and oxygen atoms in total. The standard InChI is InChI=1S/C21H24N4O3/c1-15-19(24-28-23-15)12-22-21(26)14-27-20-10-9-17(11-18(20)13-25(2)3)16-7-5-4-6-8-16/h4-11H,12-14H2,1-3H3,(H,22,26). The molecule has 3 aromatic rings. The summed E-state index contributed by atoms with van der Waals surface area (Å²) in [5.74, 6) is 0.466. The van der Waals surface area contributed by atoms with Crippen LogP contribution in [-0.4, -0.2) is 41.8 Å². The van der Waals surface area contributed by atoms with Crippen molar-refractivity contribution in [3.8, 4) is 16.9 Å². The van der Waals surface area contributed by atoms with E-state index in [2.05, 4.69) is 43.4 Å². The summed E-state index contributed by atoms with van der Waals surface area (Å²) in [6, 6.07) is 16.2. The van der Waals surface area contributed by atoms with E-state index in [-0.39, 0.29) is 19.1 Å². The first-order valence-electron chi connectivity index (χ1n) is 9.03. The lowest BCUT2D eigenvalue weighted by Crippen LogP contribution is -2.29. The second-order valence-electron chi connectivity index (χ2n) is 6.79. The first-order valence-corrected chi connectivity index (χ1v) is 9.03. The number of aromatic nitrogens is 2. The fourth-order valence-corrected chi connectivity index (χ4v) is 2.78. The van der Waals surface area contributed by atoms with Crippen LogP contribution in [0.1, 0.15) is 17.0 Å². The van der Waals surface area contributed by atoms with Gasteiger partial charge < -0.3 is 15.0 Å². The lowest BCUT2D eigenvalue weighted by Gasteiger charge is -2.16. The van der Waals surface area contributed by atoms with Crippen LogP contribution in [0.25, 0.3) is 11.1 Å². The molecule has 0 atom stereocenters. The summed E-state index contributed by atoms with van der Waals surface area (Å²) in [5.41, 5.74) is 4.54. The maximum atomic E-state index is 12.1. The highest BCUT2D eigenvalue weighted by molar-refractivity contribution is 5.77. The lowest BCUT2D eigenvalue weighted by molar-refractivity contribution is -0.123. The van der Waals surface area contributed by atoms with E-state index >= 15 is 0 Å². The highest BCUT2D eigenvalue weighted by atomic mass is 16.6. The quantitative estimate of drug-likeness (QED) is 0.647. The molecule has 0 bridgehead atoms. The number of nitrogens with zero attached hydrogens (tertiary/aromatic N) is 3. The number of hydrogen-bond acceptors (Lipinski definition) is 6. The third-order valence-electron chi connectivity index (χ3n) is 4.21. The number of amides is 1. The summed E-state index contributed by atoms with van der Waals surface area (Å²) >= 11 is 0. The molecule has 28 heavy (non-hydrogen) atoms. The number of nitrogens with one attached hydrogen (secondary N) is 1. The first-order chi connectivity index (χ1) is 13.5. The summed E-state index contributed by atoms with van der Waals surface area (Å²) in [7, 11) is 4.00. The zero-order valence-corrected chi connectivity index (χ0v) is 16.3. The fraction of sp³-hybridized carbons (Fsp3) is 0.286. The molecule has 7 heteroatoms. The van der Waals surface area contributed by atoms with Gasteiger partial charge in [-0.2, -0.15) is 0 Å². The van der Waals surface area contributed by atoms with Gasteiger partial charge in [0.15, 0.2) is 6.61 Å². The van der Waals surface area contributed by atoms with Crippen LogP contribution in [0.4, 0.5) is 0 Å². The third kappa shape index (κ3) is 5.17. The number of aryl methyl sites for hydroxylation is 1. The summed E-state index contributed by atoms with van der Waals surface area (Å²) in [4.78, 5) is 14.2. The van der Waals surface area contributed by atoms with Gasteiger partial charge in [-0.3, -0.25) is 4.79 Å². The molecule has 0 radical (unpaired) electrons. The average molecular weight is 380 g/mol. The van der Waals surface area contributed by atoms with Crippen molar-refractivity contribution >= 4 is 5.91 Å². The largest absolute Gasteiger partial charge is 0.483 e. The van der Waals surface area contributed by atoms with Crippen molar-refractivity contribution < 1.29 is 14.2 Å². The Morgan fingerprint density at radius 1 is 1.11 bits per heavy atom.